The van der Waals surface area contributed by atoms with E-state index in [0.29, 0.717) is 0 Å². The maximum absolute atomic E-state index is 5.17. The molecule has 0 aliphatic carbocycles. The Morgan fingerprint density at radius 3 is 1.98 bits per heavy atom. The Balaban J connectivity index is 1.32. The summed E-state index contributed by atoms with van der Waals surface area (Å²) >= 11 is 1.82. The second-order valence-corrected chi connectivity index (χ2v) is 12.1. The van der Waals surface area contributed by atoms with E-state index in [1.165, 1.54) is 20.2 Å². The topological polar surface area (TPSA) is 46.8 Å². The van der Waals surface area contributed by atoms with Gasteiger partial charge in [-0.3, -0.25) is 14.5 Å². The van der Waals surface area contributed by atoms with Crippen molar-refractivity contribution in [1.82, 2.24) is 19.5 Å². The van der Waals surface area contributed by atoms with Gasteiger partial charge in [0.2, 0.25) is 0 Å². The van der Waals surface area contributed by atoms with Gasteiger partial charge in [-0.05, 0) is 78.4 Å². The largest absolute Gasteiger partial charge is 0.309 e. The molecule has 9 aromatic rings. The predicted octanol–water partition coefficient (Wildman–Crippen LogP) is 10.5. The molecule has 0 amide bonds. The molecule has 45 heavy (non-hydrogen) atoms. The van der Waals surface area contributed by atoms with Crippen molar-refractivity contribution in [3.8, 4) is 16.9 Å². The molecule has 0 fully saturated rings. The lowest BCUT2D eigenvalue weighted by atomic mass is 10.1. The number of hydrogen-bond donors (Lipinski definition) is 0. The molecule has 212 valence electrons. The van der Waals surface area contributed by atoms with Gasteiger partial charge >= 0.3 is 0 Å². The summed E-state index contributed by atoms with van der Waals surface area (Å²) in [6.45, 7) is 0. The highest BCUT2D eigenvalue weighted by Gasteiger charge is 2.20. The minimum absolute atomic E-state index is 0.846. The van der Waals surface area contributed by atoms with Gasteiger partial charge in [0.25, 0.3) is 0 Å². The van der Waals surface area contributed by atoms with Gasteiger partial charge in [0.1, 0.15) is 5.82 Å². The minimum Gasteiger partial charge on any atom is -0.309 e. The van der Waals surface area contributed by atoms with Crippen molar-refractivity contribution in [2.24, 2.45) is 0 Å². The lowest BCUT2D eigenvalue weighted by Crippen LogP contribution is -2.10. The zero-order valence-corrected chi connectivity index (χ0v) is 24.9. The molecule has 0 spiro atoms. The Kier molecular flexibility index (Phi) is 5.92. The van der Waals surface area contributed by atoms with Crippen molar-refractivity contribution < 1.29 is 0 Å². The standard InChI is InChI=1S/C39H25N5S/c1-3-9-28(10-4-1)43(29-11-5-2-6-12-29)30-21-35-39(42-25-30)33-22-32-31-13-7-8-14-36(31)45-37(32)23-34(33)44(35)38-16-15-27(24-41-38)26-17-19-40-20-18-26/h1-25H. The van der Waals surface area contributed by atoms with Crippen LogP contribution in [0.2, 0.25) is 0 Å². The van der Waals surface area contributed by atoms with Gasteiger partial charge in [0.05, 0.1) is 28.4 Å². The molecular weight excluding hydrogens is 571 g/mol. The Morgan fingerprint density at radius 2 is 1.24 bits per heavy atom. The van der Waals surface area contributed by atoms with Crippen molar-refractivity contribution in [2.45, 2.75) is 0 Å². The fourth-order valence-electron chi connectivity index (χ4n) is 6.29. The summed E-state index contributed by atoms with van der Waals surface area (Å²) in [5.41, 5.74) is 8.29. The highest BCUT2D eigenvalue weighted by atomic mass is 32.1. The van der Waals surface area contributed by atoms with Gasteiger partial charge in [-0.1, -0.05) is 54.6 Å². The van der Waals surface area contributed by atoms with Crippen LogP contribution in [0, 0.1) is 0 Å². The van der Waals surface area contributed by atoms with Gasteiger partial charge in [-0.2, -0.15) is 0 Å². The Labute approximate surface area is 263 Å². The van der Waals surface area contributed by atoms with E-state index in [1.807, 2.05) is 60.4 Å². The molecule has 0 atom stereocenters. The van der Waals surface area contributed by atoms with E-state index in [2.05, 4.69) is 118 Å². The third-order valence-corrected chi connectivity index (χ3v) is 9.50. The van der Waals surface area contributed by atoms with Crippen LogP contribution in [0.15, 0.2) is 152 Å². The number of fused-ring (bicyclic) bond motifs is 6. The second-order valence-electron chi connectivity index (χ2n) is 11.0. The van der Waals surface area contributed by atoms with Crippen LogP contribution in [0.25, 0.3) is 59.1 Å². The van der Waals surface area contributed by atoms with E-state index in [9.17, 15) is 0 Å². The summed E-state index contributed by atoms with van der Waals surface area (Å²) in [6, 6.07) is 44.6. The lowest BCUT2D eigenvalue weighted by molar-refractivity contribution is 1.08. The Bertz CT molecular complexity index is 2430. The van der Waals surface area contributed by atoms with Crippen LogP contribution in [-0.2, 0) is 0 Å². The number of nitrogens with zero attached hydrogens (tertiary/aromatic N) is 5. The van der Waals surface area contributed by atoms with Gasteiger partial charge in [-0.25, -0.2) is 4.98 Å². The van der Waals surface area contributed by atoms with Crippen LogP contribution in [0.4, 0.5) is 17.1 Å². The molecule has 4 aromatic carbocycles. The number of thiophene rings is 1. The number of anilines is 3. The van der Waals surface area contributed by atoms with E-state index >= 15 is 0 Å². The van der Waals surface area contributed by atoms with Crippen molar-refractivity contribution in [3.05, 3.63) is 152 Å². The van der Waals surface area contributed by atoms with Crippen molar-refractivity contribution in [2.75, 3.05) is 4.90 Å². The van der Waals surface area contributed by atoms with Crippen LogP contribution in [0.5, 0.6) is 0 Å². The molecule has 0 radical (unpaired) electrons. The molecule has 0 aliphatic rings. The first kappa shape index (κ1) is 25.6. The van der Waals surface area contributed by atoms with Gasteiger partial charge < -0.3 is 4.90 Å². The summed E-state index contributed by atoms with van der Waals surface area (Å²) in [6.07, 6.45) is 7.55. The third-order valence-electron chi connectivity index (χ3n) is 8.36. The zero-order valence-electron chi connectivity index (χ0n) is 24.1. The maximum atomic E-state index is 5.17. The van der Waals surface area contributed by atoms with E-state index < -0.39 is 0 Å². The van der Waals surface area contributed by atoms with Crippen molar-refractivity contribution in [1.29, 1.82) is 0 Å². The molecule has 6 heteroatoms. The van der Waals surface area contributed by atoms with Gasteiger partial charge in [-0.15, -0.1) is 11.3 Å². The molecular formula is C39H25N5S. The average molecular weight is 596 g/mol. The van der Waals surface area contributed by atoms with Crippen LogP contribution < -0.4 is 4.90 Å². The first-order valence-electron chi connectivity index (χ1n) is 14.8. The number of pyridine rings is 3. The molecule has 0 saturated heterocycles. The monoisotopic (exact) mass is 595 g/mol. The van der Waals surface area contributed by atoms with E-state index in [4.69, 9.17) is 9.97 Å². The summed E-state index contributed by atoms with van der Waals surface area (Å²) in [5.74, 6) is 0.846. The molecule has 5 nitrogen and oxygen atoms in total. The number of hydrogen-bond acceptors (Lipinski definition) is 5. The Hall–Kier alpha value is -5.85. The molecule has 5 heterocycles. The predicted molar refractivity (Wildman–Crippen MR) is 187 cm³/mol. The van der Waals surface area contributed by atoms with E-state index in [0.717, 1.165) is 55.9 Å². The smallest absolute Gasteiger partial charge is 0.137 e. The van der Waals surface area contributed by atoms with Gasteiger partial charge in [0, 0.05) is 61.1 Å². The third kappa shape index (κ3) is 4.26. The molecule has 0 N–H and O–H groups in total. The van der Waals surface area contributed by atoms with E-state index in [-0.39, 0.29) is 0 Å². The van der Waals surface area contributed by atoms with Crippen molar-refractivity contribution in [3.63, 3.8) is 0 Å². The average Bonchev–Trinajstić information content (AvgIpc) is 3.63. The van der Waals surface area contributed by atoms with Gasteiger partial charge in [0.15, 0.2) is 0 Å². The molecule has 0 saturated carbocycles. The number of rotatable bonds is 5. The van der Waals surface area contributed by atoms with E-state index in [1.54, 1.807) is 0 Å². The fourth-order valence-corrected chi connectivity index (χ4v) is 7.41. The zero-order chi connectivity index (χ0) is 29.7. The normalized spacial score (nSPS) is 11.6. The Morgan fingerprint density at radius 1 is 0.511 bits per heavy atom. The molecule has 0 bridgehead atoms. The lowest BCUT2D eigenvalue weighted by Gasteiger charge is -2.25. The quantitative estimate of drug-likeness (QED) is 0.199. The highest BCUT2D eigenvalue weighted by molar-refractivity contribution is 7.25. The molecule has 0 unspecified atom stereocenters. The van der Waals surface area contributed by atoms with Crippen LogP contribution >= 0.6 is 11.3 Å². The summed E-state index contributed by atoms with van der Waals surface area (Å²) in [5, 5.41) is 3.64. The SMILES string of the molecule is c1ccc(N(c2ccccc2)c2cnc3c4cc5c(cc4n(-c4ccc(-c6ccncc6)cn4)c3c2)sc2ccccc25)cc1. The summed E-state index contributed by atoms with van der Waals surface area (Å²) in [7, 11) is 0. The summed E-state index contributed by atoms with van der Waals surface area (Å²) in [4.78, 5) is 16.6. The maximum Gasteiger partial charge on any atom is 0.137 e. The fraction of sp³-hybridized carbons (Fsp3) is 0. The van der Waals surface area contributed by atoms with Crippen LogP contribution in [0.3, 0.4) is 0 Å². The number of benzene rings is 4. The van der Waals surface area contributed by atoms with Crippen molar-refractivity contribution >= 4 is 70.5 Å². The molecule has 9 rings (SSSR count). The molecule has 0 aliphatic heterocycles. The van der Waals surface area contributed by atoms with Crippen LogP contribution in [-0.4, -0.2) is 19.5 Å². The number of aromatic nitrogens is 4. The first-order chi connectivity index (χ1) is 22.3. The second kappa shape index (κ2) is 10.4. The number of para-hydroxylation sites is 2. The summed E-state index contributed by atoms with van der Waals surface area (Å²) < 4.78 is 4.79. The van der Waals surface area contributed by atoms with Crippen LogP contribution in [0.1, 0.15) is 0 Å². The highest BCUT2D eigenvalue weighted by Crippen LogP contribution is 2.42. The minimum atomic E-state index is 0.846. The molecule has 5 aromatic heterocycles. The first-order valence-corrected chi connectivity index (χ1v) is 15.7.